The zero-order chi connectivity index (χ0) is 8.43. The van der Waals surface area contributed by atoms with E-state index in [0.29, 0.717) is 0 Å². The third kappa shape index (κ3) is 2.25. The molecule has 0 aliphatic heterocycles. The molecule has 0 aliphatic carbocycles. The van der Waals surface area contributed by atoms with Gasteiger partial charge in [-0.1, -0.05) is 7.92 Å². The second-order valence-corrected chi connectivity index (χ2v) is 5.77. The molecule has 60 valence electrons. The monoisotopic (exact) mass is 231 g/mol. The Morgan fingerprint density at radius 1 is 1.45 bits per heavy atom. The number of pyridine rings is 1. The number of aryl methyl sites for hydroxylation is 1. The first-order valence-electron chi connectivity index (χ1n) is 3.40. The van der Waals surface area contributed by atoms with Crippen molar-refractivity contribution in [3.8, 4) is 0 Å². The average molecular weight is 232 g/mol. The van der Waals surface area contributed by atoms with E-state index in [1.807, 2.05) is 6.20 Å². The van der Waals surface area contributed by atoms with Crippen molar-refractivity contribution in [2.75, 3.05) is 13.3 Å². The highest BCUT2D eigenvalue weighted by molar-refractivity contribution is 9.10. The Hall–Kier alpha value is 0.0600. The fourth-order valence-corrected chi connectivity index (χ4v) is 2.49. The predicted molar refractivity (Wildman–Crippen MR) is 55.1 cm³/mol. The van der Waals surface area contributed by atoms with Crippen LogP contribution in [0.5, 0.6) is 0 Å². The van der Waals surface area contributed by atoms with Gasteiger partial charge in [-0.15, -0.1) is 0 Å². The lowest BCUT2D eigenvalue weighted by molar-refractivity contribution is 1.26. The van der Waals surface area contributed by atoms with Crippen LogP contribution in [0.4, 0.5) is 0 Å². The molecular weight excluding hydrogens is 221 g/mol. The molecule has 11 heavy (non-hydrogen) atoms. The molecule has 3 heteroatoms. The zero-order valence-corrected chi connectivity index (χ0v) is 9.41. The zero-order valence-electron chi connectivity index (χ0n) is 6.93. The third-order valence-corrected chi connectivity index (χ3v) is 3.40. The van der Waals surface area contributed by atoms with Crippen LogP contribution in [0, 0.1) is 6.92 Å². The van der Waals surface area contributed by atoms with E-state index in [1.54, 1.807) is 0 Å². The summed E-state index contributed by atoms with van der Waals surface area (Å²) in [5.74, 6) is 0. The van der Waals surface area contributed by atoms with E-state index >= 15 is 0 Å². The smallest absolute Gasteiger partial charge is 0.106 e. The summed E-state index contributed by atoms with van der Waals surface area (Å²) in [5.41, 5.74) is 1.34. The molecule has 0 radical (unpaired) electrons. The quantitative estimate of drug-likeness (QED) is 0.535. The molecule has 1 heterocycles. The minimum Gasteiger partial charge on any atom is -0.249 e. The van der Waals surface area contributed by atoms with Gasteiger partial charge in [0.25, 0.3) is 0 Å². The van der Waals surface area contributed by atoms with Crippen molar-refractivity contribution in [1.82, 2.24) is 4.98 Å². The number of hydrogen-bond donors (Lipinski definition) is 0. The van der Waals surface area contributed by atoms with Crippen molar-refractivity contribution in [3.05, 3.63) is 22.4 Å². The van der Waals surface area contributed by atoms with Crippen molar-refractivity contribution in [3.63, 3.8) is 0 Å². The summed E-state index contributed by atoms with van der Waals surface area (Å²) in [4.78, 5) is 4.19. The molecule has 0 aliphatic rings. The number of hydrogen-bond acceptors (Lipinski definition) is 1. The number of rotatable bonds is 1. The van der Waals surface area contributed by atoms with Gasteiger partial charge in [-0.25, -0.2) is 4.98 Å². The summed E-state index contributed by atoms with van der Waals surface area (Å²) in [6.45, 7) is 6.62. The highest BCUT2D eigenvalue weighted by Gasteiger charge is 2.02. The number of nitrogens with zero attached hydrogens (tertiary/aromatic N) is 1. The molecule has 0 amide bonds. The summed E-state index contributed by atoms with van der Waals surface area (Å²) in [7, 11) is -0.0121. The molecule has 0 saturated heterocycles. The SMILES string of the molecule is Cc1cc(Br)ncc1P(C)C. The molecule has 0 fully saturated rings. The van der Waals surface area contributed by atoms with Gasteiger partial charge in [0.05, 0.1) is 0 Å². The van der Waals surface area contributed by atoms with Crippen LogP contribution in [0.25, 0.3) is 0 Å². The minimum absolute atomic E-state index is 0.0121. The van der Waals surface area contributed by atoms with Crippen LogP contribution in [-0.2, 0) is 0 Å². The fraction of sp³-hybridized carbons (Fsp3) is 0.375. The lowest BCUT2D eigenvalue weighted by atomic mass is 10.3. The van der Waals surface area contributed by atoms with E-state index in [0.717, 1.165) is 4.60 Å². The first-order chi connectivity index (χ1) is 5.11. The third-order valence-electron chi connectivity index (χ3n) is 1.53. The molecule has 0 bridgehead atoms. The standard InChI is InChI=1S/C8H11BrNP/c1-6-4-8(9)10-5-7(6)11(2)3/h4-5H,1-3H3. The Balaban J connectivity index is 3.09. The molecular formula is C8H11BrNP. The Morgan fingerprint density at radius 2 is 2.09 bits per heavy atom. The van der Waals surface area contributed by atoms with Gasteiger partial charge in [0.2, 0.25) is 0 Å². The molecule has 0 aromatic carbocycles. The van der Waals surface area contributed by atoms with Crippen molar-refractivity contribution in [2.24, 2.45) is 0 Å². The van der Waals surface area contributed by atoms with E-state index in [2.05, 4.69) is 47.2 Å². The fourth-order valence-electron chi connectivity index (χ4n) is 0.983. The lowest BCUT2D eigenvalue weighted by Crippen LogP contribution is -2.05. The van der Waals surface area contributed by atoms with E-state index in [4.69, 9.17) is 0 Å². The highest BCUT2D eigenvalue weighted by Crippen LogP contribution is 2.25. The predicted octanol–water partition coefficient (Wildman–Crippen LogP) is 2.52. The van der Waals surface area contributed by atoms with Crippen LogP contribution >= 0.6 is 23.9 Å². The molecule has 0 spiro atoms. The van der Waals surface area contributed by atoms with E-state index in [-0.39, 0.29) is 7.92 Å². The van der Waals surface area contributed by atoms with Crippen molar-refractivity contribution < 1.29 is 0 Å². The molecule has 0 unspecified atom stereocenters. The second-order valence-electron chi connectivity index (χ2n) is 2.69. The Labute approximate surface area is 77.1 Å². The lowest BCUT2D eigenvalue weighted by Gasteiger charge is -2.08. The van der Waals surface area contributed by atoms with Crippen LogP contribution in [0.15, 0.2) is 16.9 Å². The minimum atomic E-state index is -0.0121. The summed E-state index contributed by atoms with van der Waals surface area (Å²) < 4.78 is 0.926. The second kappa shape index (κ2) is 3.64. The molecule has 1 aromatic heterocycles. The van der Waals surface area contributed by atoms with Crippen LogP contribution in [0.1, 0.15) is 5.56 Å². The highest BCUT2D eigenvalue weighted by atomic mass is 79.9. The van der Waals surface area contributed by atoms with Crippen LogP contribution in [0.2, 0.25) is 0 Å². The summed E-state index contributed by atoms with van der Waals surface area (Å²) in [6, 6.07) is 2.07. The van der Waals surface area contributed by atoms with Gasteiger partial charge < -0.3 is 0 Å². The first kappa shape index (κ1) is 9.15. The largest absolute Gasteiger partial charge is 0.249 e. The maximum atomic E-state index is 4.19. The van der Waals surface area contributed by atoms with Gasteiger partial charge >= 0.3 is 0 Å². The Bertz CT molecular complexity index is 260. The topological polar surface area (TPSA) is 12.9 Å². The molecule has 1 nitrogen and oxygen atoms in total. The van der Waals surface area contributed by atoms with Gasteiger partial charge in [-0.2, -0.15) is 0 Å². The van der Waals surface area contributed by atoms with E-state index < -0.39 is 0 Å². The molecule has 0 saturated carbocycles. The molecule has 1 aromatic rings. The molecule has 0 atom stereocenters. The van der Waals surface area contributed by atoms with Gasteiger partial charge in [-0.05, 0) is 53.1 Å². The van der Waals surface area contributed by atoms with Crippen LogP contribution in [-0.4, -0.2) is 18.3 Å². The van der Waals surface area contributed by atoms with Crippen molar-refractivity contribution >= 4 is 29.2 Å². The van der Waals surface area contributed by atoms with Crippen molar-refractivity contribution in [1.29, 1.82) is 0 Å². The number of aromatic nitrogens is 1. The maximum Gasteiger partial charge on any atom is 0.106 e. The van der Waals surface area contributed by atoms with Gasteiger partial charge in [0.1, 0.15) is 4.60 Å². The number of halogens is 1. The van der Waals surface area contributed by atoms with Gasteiger partial charge in [0, 0.05) is 6.20 Å². The average Bonchev–Trinajstić information content (AvgIpc) is 1.85. The molecule has 1 rings (SSSR count). The van der Waals surface area contributed by atoms with Crippen LogP contribution < -0.4 is 5.30 Å². The van der Waals surface area contributed by atoms with Gasteiger partial charge in [0.15, 0.2) is 0 Å². The Kier molecular flexibility index (Phi) is 3.03. The van der Waals surface area contributed by atoms with E-state index in [1.165, 1.54) is 10.9 Å². The first-order valence-corrected chi connectivity index (χ1v) is 6.43. The Morgan fingerprint density at radius 3 is 2.55 bits per heavy atom. The van der Waals surface area contributed by atoms with Gasteiger partial charge in [-0.3, -0.25) is 0 Å². The maximum absolute atomic E-state index is 4.19. The summed E-state index contributed by atoms with van der Waals surface area (Å²) in [5, 5.41) is 1.39. The van der Waals surface area contributed by atoms with Crippen LogP contribution in [0.3, 0.4) is 0 Å². The van der Waals surface area contributed by atoms with E-state index in [9.17, 15) is 0 Å². The summed E-state index contributed by atoms with van der Waals surface area (Å²) >= 11 is 3.34. The molecule has 0 N–H and O–H groups in total. The van der Waals surface area contributed by atoms with Crippen molar-refractivity contribution in [2.45, 2.75) is 6.92 Å². The normalized spacial score (nSPS) is 10.6. The summed E-state index contributed by atoms with van der Waals surface area (Å²) in [6.07, 6.45) is 1.96.